The molecule has 0 spiro atoms. The van der Waals surface area contributed by atoms with Gasteiger partial charge in [0.1, 0.15) is 5.75 Å². The van der Waals surface area contributed by atoms with Crippen molar-refractivity contribution in [1.82, 2.24) is 10.6 Å². The standard InChI is InChI=1S/C20H26N2O2/c1-13-10-18(8-9-21-13)22-20(23)14(2)15-4-5-17-12-19(24-3)7-6-16(17)11-15/h4-7,11-14,18,21H,8-10H2,1-3H3,(H,22,23). The SMILES string of the molecule is COc1ccc2cc(C(C)C(=O)NC3CCNC(C)C3)ccc2c1. The van der Waals surface area contributed by atoms with E-state index in [0.29, 0.717) is 6.04 Å². The predicted octanol–water partition coefficient (Wildman–Crippen LogP) is 3.21. The van der Waals surface area contributed by atoms with Crippen LogP contribution in [-0.4, -0.2) is 31.6 Å². The lowest BCUT2D eigenvalue weighted by molar-refractivity contribution is -0.123. The van der Waals surface area contributed by atoms with E-state index in [1.54, 1.807) is 7.11 Å². The van der Waals surface area contributed by atoms with Gasteiger partial charge in [-0.1, -0.05) is 24.3 Å². The third-order valence-electron chi connectivity index (χ3n) is 4.93. The van der Waals surface area contributed by atoms with Crippen LogP contribution in [-0.2, 0) is 4.79 Å². The van der Waals surface area contributed by atoms with Gasteiger partial charge in [-0.15, -0.1) is 0 Å². The van der Waals surface area contributed by atoms with E-state index in [-0.39, 0.29) is 17.9 Å². The number of carbonyl (C=O) groups excluding carboxylic acids is 1. The van der Waals surface area contributed by atoms with Crippen molar-refractivity contribution in [2.24, 2.45) is 0 Å². The fourth-order valence-corrected chi connectivity index (χ4v) is 3.38. The smallest absolute Gasteiger partial charge is 0.227 e. The Bertz CT molecular complexity index is 729. The van der Waals surface area contributed by atoms with Gasteiger partial charge < -0.3 is 15.4 Å². The molecule has 3 atom stereocenters. The fraction of sp³-hybridized carbons (Fsp3) is 0.450. The third-order valence-corrected chi connectivity index (χ3v) is 4.93. The molecule has 1 heterocycles. The van der Waals surface area contributed by atoms with Gasteiger partial charge in [-0.2, -0.15) is 0 Å². The molecule has 24 heavy (non-hydrogen) atoms. The molecule has 3 rings (SSSR count). The topological polar surface area (TPSA) is 50.4 Å². The second-order valence-electron chi connectivity index (χ2n) is 6.78. The van der Waals surface area contributed by atoms with Gasteiger partial charge in [0, 0.05) is 12.1 Å². The van der Waals surface area contributed by atoms with E-state index in [4.69, 9.17) is 4.74 Å². The summed E-state index contributed by atoms with van der Waals surface area (Å²) in [4.78, 5) is 12.6. The highest BCUT2D eigenvalue weighted by Crippen LogP contribution is 2.25. The first-order valence-corrected chi connectivity index (χ1v) is 8.68. The van der Waals surface area contributed by atoms with E-state index in [0.717, 1.165) is 41.5 Å². The number of piperidine rings is 1. The molecule has 4 nitrogen and oxygen atoms in total. The second kappa shape index (κ2) is 7.22. The van der Waals surface area contributed by atoms with Gasteiger partial charge in [0.05, 0.1) is 13.0 Å². The molecule has 3 unspecified atom stereocenters. The maximum absolute atomic E-state index is 12.6. The molecule has 128 valence electrons. The number of rotatable bonds is 4. The first-order chi connectivity index (χ1) is 11.6. The Balaban J connectivity index is 1.72. The van der Waals surface area contributed by atoms with Gasteiger partial charge in [-0.25, -0.2) is 0 Å². The quantitative estimate of drug-likeness (QED) is 0.907. The lowest BCUT2D eigenvalue weighted by Gasteiger charge is -2.29. The van der Waals surface area contributed by atoms with Crippen molar-refractivity contribution >= 4 is 16.7 Å². The summed E-state index contributed by atoms with van der Waals surface area (Å²) in [6.07, 6.45) is 2.00. The number of carbonyl (C=O) groups is 1. The molecule has 1 fully saturated rings. The summed E-state index contributed by atoms with van der Waals surface area (Å²) in [5, 5.41) is 8.88. The minimum absolute atomic E-state index is 0.113. The van der Waals surface area contributed by atoms with Gasteiger partial charge in [-0.05, 0) is 61.7 Å². The van der Waals surface area contributed by atoms with Gasteiger partial charge in [0.25, 0.3) is 0 Å². The number of ether oxygens (including phenoxy) is 1. The van der Waals surface area contributed by atoms with Crippen LogP contribution >= 0.6 is 0 Å². The van der Waals surface area contributed by atoms with Crippen LogP contribution in [0.1, 0.15) is 38.2 Å². The predicted molar refractivity (Wildman–Crippen MR) is 97.5 cm³/mol. The molecule has 2 N–H and O–H groups in total. The number of methoxy groups -OCH3 is 1. The maximum Gasteiger partial charge on any atom is 0.227 e. The van der Waals surface area contributed by atoms with Crippen LogP contribution in [0, 0.1) is 0 Å². The highest BCUT2D eigenvalue weighted by atomic mass is 16.5. The fourth-order valence-electron chi connectivity index (χ4n) is 3.38. The average molecular weight is 326 g/mol. The van der Waals surface area contributed by atoms with Crippen molar-refractivity contribution in [3.05, 3.63) is 42.0 Å². The summed E-state index contributed by atoms with van der Waals surface area (Å²) >= 11 is 0. The van der Waals surface area contributed by atoms with E-state index < -0.39 is 0 Å². The lowest BCUT2D eigenvalue weighted by atomic mass is 9.95. The molecular formula is C20H26N2O2. The number of amides is 1. The van der Waals surface area contributed by atoms with Crippen molar-refractivity contribution in [1.29, 1.82) is 0 Å². The summed E-state index contributed by atoms with van der Waals surface area (Å²) in [5.41, 5.74) is 1.05. The van der Waals surface area contributed by atoms with Crippen LogP contribution in [0.2, 0.25) is 0 Å². The van der Waals surface area contributed by atoms with E-state index >= 15 is 0 Å². The average Bonchev–Trinajstić information content (AvgIpc) is 2.60. The minimum Gasteiger partial charge on any atom is -0.497 e. The van der Waals surface area contributed by atoms with Gasteiger partial charge >= 0.3 is 0 Å². The zero-order valence-corrected chi connectivity index (χ0v) is 14.6. The van der Waals surface area contributed by atoms with Crippen LogP contribution in [0.4, 0.5) is 0 Å². The molecule has 1 saturated heterocycles. The van der Waals surface area contributed by atoms with Crippen molar-refractivity contribution in [3.63, 3.8) is 0 Å². The number of hydrogen-bond acceptors (Lipinski definition) is 3. The summed E-state index contributed by atoms with van der Waals surface area (Å²) < 4.78 is 5.26. The minimum atomic E-state index is -0.151. The number of nitrogens with one attached hydrogen (secondary N) is 2. The molecule has 1 aliphatic rings. The van der Waals surface area contributed by atoms with E-state index in [2.05, 4.69) is 29.7 Å². The Labute approximate surface area is 143 Å². The summed E-state index contributed by atoms with van der Waals surface area (Å²) in [6.45, 7) is 5.11. The van der Waals surface area contributed by atoms with Crippen LogP contribution in [0.3, 0.4) is 0 Å². The molecule has 1 aliphatic heterocycles. The Morgan fingerprint density at radius 1 is 1.25 bits per heavy atom. The molecule has 0 aliphatic carbocycles. The zero-order chi connectivity index (χ0) is 17.1. The number of fused-ring (bicyclic) bond motifs is 1. The van der Waals surface area contributed by atoms with E-state index in [1.165, 1.54) is 0 Å². The van der Waals surface area contributed by atoms with Crippen molar-refractivity contribution < 1.29 is 9.53 Å². The van der Waals surface area contributed by atoms with Crippen molar-refractivity contribution in [2.45, 2.75) is 44.7 Å². The van der Waals surface area contributed by atoms with Gasteiger partial charge in [0.15, 0.2) is 0 Å². The monoisotopic (exact) mass is 326 g/mol. The molecular weight excluding hydrogens is 300 g/mol. The molecule has 0 aromatic heterocycles. The van der Waals surface area contributed by atoms with E-state index in [9.17, 15) is 4.79 Å². The summed E-state index contributed by atoms with van der Waals surface area (Å²) in [6, 6.07) is 12.9. The molecule has 0 bridgehead atoms. The van der Waals surface area contributed by atoms with Gasteiger partial charge in [-0.3, -0.25) is 4.79 Å². The Morgan fingerprint density at radius 2 is 2.00 bits per heavy atom. The molecule has 0 radical (unpaired) electrons. The number of benzene rings is 2. The van der Waals surface area contributed by atoms with Crippen LogP contribution in [0.25, 0.3) is 10.8 Å². The third kappa shape index (κ3) is 3.70. The maximum atomic E-state index is 12.6. The van der Waals surface area contributed by atoms with E-state index in [1.807, 2.05) is 31.2 Å². The van der Waals surface area contributed by atoms with Crippen LogP contribution in [0.5, 0.6) is 5.75 Å². The van der Waals surface area contributed by atoms with Gasteiger partial charge in [0.2, 0.25) is 5.91 Å². The van der Waals surface area contributed by atoms with Crippen LogP contribution in [0.15, 0.2) is 36.4 Å². The van der Waals surface area contributed by atoms with Crippen molar-refractivity contribution in [3.8, 4) is 5.75 Å². The molecule has 4 heteroatoms. The van der Waals surface area contributed by atoms with Crippen molar-refractivity contribution in [2.75, 3.05) is 13.7 Å². The molecule has 2 aromatic carbocycles. The first kappa shape index (κ1) is 16.8. The highest BCUT2D eigenvalue weighted by molar-refractivity contribution is 5.88. The molecule has 1 amide bonds. The lowest BCUT2D eigenvalue weighted by Crippen LogP contribution is -2.47. The first-order valence-electron chi connectivity index (χ1n) is 8.68. The Kier molecular flexibility index (Phi) is 5.05. The molecule has 2 aromatic rings. The zero-order valence-electron chi connectivity index (χ0n) is 14.6. The Morgan fingerprint density at radius 3 is 2.75 bits per heavy atom. The largest absolute Gasteiger partial charge is 0.497 e. The number of hydrogen-bond donors (Lipinski definition) is 2. The Hall–Kier alpha value is -2.07. The normalized spacial score (nSPS) is 22.1. The second-order valence-corrected chi connectivity index (χ2v) is 6.78. The summed E-state index contributed by atoms with van der Waals surface area (Å²) in [7, 11) is 1.67. The highest BCUT2D eigenvalue weighted by Gasteiger charge is 2.23. The summed E-state index contributed by atoms with van der Waals surface area (Å²) in [5.74, 6) is 0.810. The van der Waals surface area contributed by atoms with Crippen LogP contribution < -0.4 is 15.4 Å². The molecule has 0 saturated carbocycles.